The van der Waals surface area contributed by atoms with Crippen LogP contribution in [0.1, 0.15) is 6.42 Å². The molecule has 5 heteroatoms. The van der Waals surface area contributed by atoms with Crippen LogP contribution in [0.25, 0.3) is 11.1 Å². The number of nitrogens with zero attached hydrogens (tertiary/aromatic N) is 1. The van der Waals surface area contributed by atoms with Crippen LogP contribution >= 0.6 is 0 Å². The molecule has 0 unspecified atom stereocenters. The Bertz CT molecular complexity index is 817. The third-order valence-corrected chi connectivity index (χ3v) is 3.09. The minimum absolute atomic E-state index is 0.0956. The van der Waals surface area contributed by atoms with Crippen molar-refractivity contribution in [2.45, 2.75) is 13.0 Å². The zero-order valence-corrected chi connectivity index (χ0v) is 11.2. The van der Waals surface area contributed by atoms with Gasteiger partial charge in [-0.25, -0.2) is 4.79 Å². The maximum absolute atomic E-state index is 11.8. The molecular weight excluding hydrogens is 270 g/mol. The summed E-state index contributed by atoms with van der Waals surface area (Å²) in [6, 6.07) is 15.9. The maximum Gasteiger partial charge on any atom is 0.419 e. The second-order valence-electron chi connectivity index (χ2n) is 4.52. The van der Waals surface area contributed by atoms with Gasteiger partial charge in [-0.05, 0) is 24.3 Å². The summed E-state index contributed by atoms with van der Waals surface area (Å²) >= 11 is 0. The maximum atomic E-state index is 11.8. The molecule has 0 N–H and O–H groups in total. The van der Waals surface area contributed by atoms with Crippen molar-refractivity contribution in [2.75, 3.05) is 0 Å². The number of fused-ring (bicyclic) bond motifs is 1. The van der Waals surface area contributed by atoms with Gasteiger partial charge in [0.1, 0.15) is 5.75 Å². The van der Waals surface area contributed by atoms with Gasteiger partial charge in [0, 0.05) is 6.54 Å². The fourth-order valence-electron chi connectivity index (χ4n) is 2.10. The van der Waals surface area contributed by atoms with Gasteiger partial charge in [-0.15, -0.1) is 0 Å². The fraction of sp³-hybridized carbons (Fsp3) is 0.125. The van der Waals surface area contributed by atoms with Crippen molar-refractivity contribution in [3.8, 4) is 5.75 Å². The van der Waals surface area contributed by atoms with Crippen LogP contribution in [0.4, 0.5) is 0 Å². The van der Waals surface area contributed by atoms with Crippen molar-refractivity contribution in [1.29, 1.82) is 0 Å². The molecule has 0 aliphatic heterocycles. The molecule has 0 spiro atoms. The summed E-state index contributed by atoms with van der Waals surface area (Å²) in [4.78, 5) is 23.5. The molecular formula is C16H13NO4. The van der Waals surface area contributed by atoms with Gasteiger partial charge in [-0.2, -0.15) is 0 Å². The molecule has 5 nitrogen and oxygen atoms in total. The third-order valence-electron chi connectivity index (χ3n) is 3.09. The molecule has 0 aliphatic carbocycles. The first-order chi connectivity index (χ1) is 10.2. The van der Waals surface area contributed by atoms with E-state index in [-0.39, 0.29) is 13.0 Å². The molecule has 0 saturated carbocycles. The van der Waals surface area contributed by atoms with E-state index in [1.54, 1.807) is 42.5 Å². The zero-order chi connectivity index (χ0) is 14.7. The highest BCUT2D eigenvalue weighted by Gasteiger charge is 2.11. The van der Waals surface area contributed by atoms with Crippen molar-refractivity contribution in [2.24, 2.45) is 0 Å². The third kappa shape index (κ3) is 2.86. The van der Waals surface area contributed by atoms with E-state index in [1.165, 1.54) is 4.57 Å². The minimum Gasteiger partial charge on any atom is -0.426 e. The number of aryl methyl sites for hydroxylation is 1. The lowest BCUT2D eigenvalue weighted by Crippen LogP contribution is -2.18. The predicted molar refractivity (Wildman–Crippen MR) is 77.2 cm³/mol. The van der Waals surface area contributed by atoms with E-state index in [1.807, 2.05) is 12.1 Å². The SMILES string of the molecule is O=C(CCn1c(=O)oc2ccccc21)Oc1ccccc1. The highest BCUT2D eigenvalue weighted by molar-refractivity contribution is 5.74. The summed E-state index contributed by atoms with van der Waals surface area (Å²) in [6.07, 6.45) is 0.0956. The molecule has 0 fully saturated rings. The van der Waals surface area contributed by atoms with Crippen LogP contribution in [-0.2, 0) is 11.3 Å². The van der Waals surface area contributed by atoms with E-state index in [2.05, 4.69) is 0 Å². The van der Waals surface area contributed by atoms with Gasteiger partial charge in [0.15, 0.2) is 5.58 Å². The summed E-state index contributed by atoms with van der Waals surface area (Å²) in [7, 11) is 0. The van der Waals surface area contributed by atoms with Crippen LogP contribution in [0.15, 0.2) is 63.8 Å². The molecule has 2 aromatic carbocycles. The van der Waals surface area contributed by atoms with E-state index in [0.717, 1.165) is 0 Å². The van der Waals surface area contributed by atoms with Gasteiger partial charge in [0.2, 0.25) is 0 Å². The lowest BCUT2D eigenvalue weighted by atomic mass is 10.3. The number of ether oxygens (including phenoxy) is 1. The summed E-state index contributed by atoms with van der Waals surface area (Å²) in [6.45, 7) is 0.224. The second kappa shape index (κ2) is 5.66. The average Bonchev–Trinajstić information content (AvgIpc) is 2.81. The Labute approximate surface area is 120 Å². The number of para-hydroxylation sites is 3. The molecule has 21 heavy (non-hydrogen) atoms. The Kier molecular flexibility index (Phi) is 3.55. The Morgan fingerprint density at radius 2 is 1.76 bits per heavy atom. The van der Waals surface area contributed by atoms with E-state index < -0.39 is 11.7 Å². The zero-order valence-electron chi connectivity index (χ0n) is 11.2. The number of hydrogen-bond donors (Lipinski definition) is 0. The number of oxazole rings is 1. The standard InChI is InChI=1S/C16H13NO4/c18-15(20-12-6-2-1-3-7-12)10-11-17-13-8-4-5-9-14(13)21-16(17)19/h1-9H,10-11H2. The van der Waals surface area contributed by atoms with E-state index >= 15 is 0 Å². The monoisotopic (exact) mass is 283 g/mol. The Hall–Kier alpha value is -2.82. The lowest BCUT2D eigenvalue weighted by Gasteiger charge is -2.04. The normalized spacial score (nSPS) is 10.7. The predicted octanol–water partition coefficient (Wildman–Crippen LogP) is 2.59. The van der Waals surface area contributed by atoms with Crippen molar-refractivity contribution in [3.05, 3.63) is 65.1 Å². The molecule has 0 bridgehead atoms. The van der Waals surface area contributed by atoms with E-state index in [9.17, 15) is 9.59 Å². The number of rotatable bonds is 4. The highest BCUT2D eigenvalue weighted by atomic mass is 16.5. The molecule has 0 atom stereocenters. The first-order valence-corrected chi connectivity index (χ1v) is 6.58. The number of carbonyl (C=O) groups is 1. The molecule has 0 aliphatic rings. The molecule has 3 aromatic rings. The van der Waals surface area contributed by atoms with Gasteiger partial charge in [0.25, 0.3) is 0 Å². The van der Waals surface area contributed by atoms with Crippen LogP contribution in [0.3, 0.4) is 0 Å². The van der Waals surface area contributed by atoms with Crippen molar-refractivity contribution < 1.29 is 13.9 Å². The first kappa shape index (κ1) is 13.2. The molecule has 0 radical (unpaired) electrons. The summed E-state index contributed by atoms with van der Waals surface area (Å²) in [5.41, 5.74) is 1.19. The van der Waals surface area contributed by atoms with Crippen LogP contribution < -0.4 is 10.5 Å². The number of benzene rings is 2. The second-order valence-corrected chi connectivity index (χ2v) is 4.52. The first-order valence-electron chi connectivity index (χ1n) is 6.58. The number of esters is 1. The average molecular weight is 283 g/mol. The van der Waals surface area contributed by atoms with Crippen LogP contribution in [-0.4, -0.2) is 10.5 Å². The van der Waals surface area contributed by atoms with Crippen molar-refractivity contribution >= 4 is 17.1 Å². The van der Waals surface area contributed by atoms with Gasteiger partial charge in [0.05, 0.1) is 11.9 Å². The topological polar surface area (TPSA) is 61.4 Å². The fourth-order valence-corrected chi connectivity index (χ4v) is 2.10. The van der Waals surface area contributed by atoms with Crippen molar-refractivity contribution in [3.63, 3.8) is 0 Å². The van der Waals surface area contributed by atoms with Gasteiger partial charge in [-0.3, -0.25) is 9.36 Å². The molecule has 0 amide bonds. The number of hydrogen-bond acceptors (Lipinski definition) is 4. The molecule has 1 heterocycles. The molecule has 1 aromatic heterocycles. The summed E-state index contributed by atoms with van der Waals surface area (Å²) < 4.78 is 11.7. The number of aromatic nitrogens is 1. The molecule has 3 rings (SSSR count). The van der Waals surface area contributed by atoms with Crippen LogP contribution in [0, 0.1) is 0 Å². The van der Waals surface area contributed by atoms with E-state index in [4.69, 9.17) is 9.15 Å². The Morgan fingerprint density at radius 1 is 1.05 bits per heavy atom. The van der Waals surface area contributed by atoms with Gasteiger partial charge >= 0.3 is 11.7 Å². The Morgan fingerprint density at radius 3 is 2.57 bits per heavy atom. The minimum atomic E-state index is -0.469. The Balaban J connectivity index is 1.71. The quantitative estimate of drug-likeness (QED) is 0.545. The number of carbonyl (C=O) groups excluding carboxylic acids is 1. The summed E-state index contributed by atoms with van der Waals surface area (Å²) in [5.74, 6) is -0.367. The largest absolute Gasteiger partial charge is 0.426 e. The van der Waals surface area contributed by atoms with Gasteiger partial charge in [-0.1, -0.05) is 30.3 Å². The molecule has 106 valence electrons. The molecule has 0 saturated heterocycles. The van der Waals surface area contributed by atoms with Crippen LogP contribution in [0.5, 0.6) is 5.75 Å². The summed E-state index contributed by atoms with van der Waals surface area (Å²) in [5, 5.41) is 0. The van der Waals surface area contributed by atoms with Crippen LogP contribution in [0.2, 0.25) is 0 Å². The highest BCUT2D eigenvalue weighted by Crippen LogP contribution is 2.13. The lowest BCUT2D eigenvalue weighted by molar-refractivity contribution is -0.134. The van der Waals surface area contributed by atoms with E-state index in [0.29, 0.717) is 16.8 Å². The van der Waals surface area contributed by atoms with Crippen molar-refractivity contribution in [1.82, 2.24) is 4.57 Å². The smallest absolute Gasteiger partial charge is 0.419 e. The van der Waals surface area contributed by atoms with Gasteiger partial charge < -0.3 is 9.15 Å².